The molecule has 0 aromatic carbocycles. The lowest BCUT2D eigenvalue weighted by Gasteiger charge is -2.25. The van der Waals surface area contributed by atoms with Crippen molar-refractivity contribution in [3.8, 4) is 11.8 Å². The monoisotopic (exact) mass is 235 g/mol. The van der Waals surface area contributed by atoms with E-state index in [-0.39, 0.29) is 24.8 Å². The van der Waals surface area contributed by atoms with E-state index < -0.39 is 0 Å². The fourth-order valence-corrected chi connectivity index (χ4v) is 1.38. The minimum absolute atomic E-state index is 0.183. The lowest BCUT2D eigenvalue weighted by atomic mass is 10.0. The van der Waals surface area contributed by atoms with Crippen molar-refractivity contribution in [3.05, 3.63) is 19.3 Å². The van der Waals surface area contributed by atoms with E-state index in [0.717, 1.165) is 19.3 Å². The summed E-state index contributed by atoms with van der Waals surface area (Å²) in [5.74, 6) is 5.86. The highest BCUT2D eigenvalue weighted by Gasteiger charge is 2.22. The van der Waals surface area contributed by atoms with Crippen molar-refractivity contribution in [3.63, 3.8) is 0 Å². The van der Waals surface area contributed by atoms with Gasteiger partial charge in [0.05, 0.1) is 6.10 Å². The maximum Gasteiger partial charge on any atom is 0.302 e. The third kappa shape index (κ3) is 6.33. The summed E-state index contributed by atoms with van der Waals surface area (Å²) >= 11 is 0. The Hall–Kier alpha value is -1.01. The predicted molar refractivity (Wildman–Crippen MR) is 65.5 cm³/mol. The van der Waals surface area contributed by atoms with Crippen LogP contribution in [0.3, 0.4) is 0 Å². The Morgan fingerprint density at radius 2 is 2.29 bits per heavy atom. The van der Waals surface area contributed by atoms with Crippen molar-refractivity contribution in [2.24, 2.45) is 0 Å². The average molecular weight is 235 g/mol. The smallest absolute Gasteiger partial charge is 0.302 e. The van der Waals surface area contributed by atoms with Gasteiger partial charge in [-0.1, -0.05) is 19.3 Å². The molecule has 3 radical (unpaired) electrons. The summed E-state index contributed by atoms with van der Waals surface area (Å²) < 4.78 is 10.5. The molecule has 1 fully saturated rings. The highest BCUT2D eigenvalue weighted by Crippen LogP contribution is 2.16. The van der Waals surface area contributed by atoms with Crippen LogP contribution in [0.5, 0.6) is 0 Å². The Morgan fingerprint density at radius 1 is 1.47 bits per heavy atom. The van der Waals surface area contributed by atoms with Crippen molar-refractivity contribution in [2.45, 2.75) is 45.3 Å². The van der Waals surface area contributed by atoms with Gasteiger partial charge in [0.25, 0.3) is 0 Å². The van der Waals surface area contributed by atoms with Crippen LogP contribution < -0.4 is 0 Å². The Labute approximate surface area is 104 Å². The summed E-state index contributed by atoms with van der Waals surface area (Å²) in [5.41, 5.74) is 0. The number of hydrogen-bond donors (Lipinski definition) is 0. The summed E-state index contributed by atoms with van der Waals surface area (Å²) in [6.45, 7) is 3.79. The molecule has 17 heavy (non-hydrogen) atoms. The third-order valence-corrected chi connectivity index (χ3v) is 2.28. The van der Waals surface area contributed by atoms with Crippen LogP contribution in [0.15, 0.2) is 0 Å². The highest BCUT2D eigenvalue weighted by atomic mass is 16.6. The van der Waals surface area contributed by atoms with Gasteiger partial charge in [0.2, 0.25) is 0 Å². The summed E-state index contributed by atoms with van der Waals surface area (Å²) in [7, 11) is 0. The van der Waals surface area contributed by atoms with Crippen molar-refractivity contribution < 1.29 is 14.3 Å². The number of rotatable bonds is 4. The highest BCUT2D eigenvalue weighted by molar-refractivity contribution is 5.65. The largest absolute Gasteiger partial charge is 0.463 e. The Bertz CT molecular complexity index is 288. The second-order valence-electron chi connectivity index (χ2n) is 3.90. The molecule has 0 unspecified atom stereocenters. The van der Waals surface area contributed by atoms with E-state index >= 15 is 0 Å². The maximum atomic E-state index is 10.7. The quantitative estimate of drug-likeness (QED) is 0.425. The maximum absolute atomic E-state index is 10.7. The number of esters is 1. The van der Waals surface area contributed by atoms with Crippen molar-refractivity contribution >= 4 is 5.97 Å². The Morgan fingerprint density at radius 3 is 3.00 bits per heavy atom. The van der Waals surface area contributed by atoms with Gasteiger partial charge < -0.3 is 9.47 Å². The van der Waals surface area contributed by atoms with Gasteiger partial charge in [0, 0.05) is 19.8 Å². The minimum Gasteiger partial charge on any atom is -0.463 e. The van der Waals surface area contributed by atoms with Crippen LogP contribution in [0.2, 0.25) is 0 Å². The zero-order chi connectivity index (χ0) is 12.5. The fraction of sp³-hybridized carbons (Fsp3) is 0.571. The topological polar surface area (TPSA) is 35.5 Å². The van der Waals surface area contributed by atoms with Gasteiger partial charge in [0.15, 0.2) is 0 Å². The molecule has 1 heterocycles. The lowest BCUT2D eigenvalue weighted by Crippen LogP contribution is -2.32. The van der Waals surface area contributed by atoms with Crippen molar-refractivity contribution in [1.82, 2.24) is 0 Å². The molecule has 0 bridgehead atoms. The fourth-order valence-electron chi connectivity index (χ4n) is 1.38. The summed E-state index contributed by atoms with van der Waals surface area (Å²) in [4.78, 5) is 10.7. The molecule has 0 spiro atoms. The van der Waals surface area contributed by atoms with E-state index in [1.165, 1.54) is 6.92 Å². The third-order valence-electron chi connectivity index (χ3n) is 2.28. The number of ether oxygens (including phenoxy) is 2. The molecule has 0 aromatic rings. The molecule has 0 saturated carbocycles. The Balaban J connectivity index is 2.27. The van der Waals surface area contributed by atoms with Gasteiger partial charge in [-0.3, -0.25) is 4.79 Å². The zero-order valence-electron chi connectivity index (χ0n) is 10.4. The van der Waals surface area contributed by atoms with Gasteiger partial charge >= 0.3 is 5.97 Å². The van der Waals surface area contributed by atoms with E-state index in [4.69, 9.17) is 9.47 Å². The summed E-state index contributed by atoms with van der Waals surface area (Å²) in [6, 6.07) is 0. The van der Waals surface area contributed by atoms with Crippen LogP contribution >= 0.6 is 0 Å². The molecule has 1 saturated heterocycles. The molecule has 0 aromatic heterocycles. The van der Waals surface area contributed by atoms with Gasteiger partial charge in [-0.05, 0) is 19.3 Å². The predicted octanol–water partition coefficient (Wildman–Crippen LogP) is 2.12. The van der Waals surface area contributed by atoms with Crippen LogP contribution in [-0.2, 0) is 14.3 Å². The van der Waals surface area contributed by atoms with Crippen LogP contribution in [-0.4, -0.2) is 24.8 Å². The van der Waals surface area contributed by atoms with E-state index in [1.807, 2.05) is 19.3 Å². The number of carbonyl (C=O) groups is 1. The van der Waals surface area contributed by atoms with Crippen molar-refractivity contribution in [2.75, 3.05) is 6.61 Å². The van der Waals surface area contributed by atoms with E-state index in [0.29, 0.717) is 0 Å². The van der Waals surface area contributed by atoms with Gasteiger partial charge in [-0.25, -0.2) is 0 Å². The van der Waals surface area contributed by atoms with E-state index in [2.05, 4.69) is 18.8 Å². The molecular weight excluding hydrogens is 216 g/mol. The second-order valence-corrected chi connectivity index (χ2v) is 3.90. The summed E-state index contributed by atoms with van der Waals surface area (Å²) in [5, 5.41) is 0. The first kappa shape index (κ1) is 14.1. The molecule has 3 nitrogen and oxygen atoms in total. The Kier molecular flexibility index (Phi) is 6.73. The van der Waals surface area contributed by atoms with Crippen LogP contribution in [0, 0.1) is 31.1 Å². The second kappa shape index (κ2) is 8.14. The van der Waals surface area contributed by atoms with Crippen molar-refractivity contribution in [1.29, 1.82) is 0 Å². The molecule has 93 valence electrons. The van der Waals surface area contributed by atoms with Gasteiger partial charge in [-0.2, -0.15) is 0 Å². The zero-order valence-corrected chi connectivity index (χ0v) is 10.4. The van der Waals surface area contributed by atoms with E-state index in [1.54, 1.807) is 0 Å². The van der Waals surface area contributed by atoms with Crippen LogP contribution in [0.25, 0.3) is 0 Å². The molecule has 2 atom stereocenters. The van der Waals surface area contributed by atoms with Gasteiger partial charge in [-0.15, -0.1) is 5.92 Å². The normalized spacial score (nSPS) is 23.6. The summed E-state index contributed by atoms with van der Waals surface area (Å²) in [6.07, 6.45) is 8.49. The first-order valence-electron chi connectivity index (χ1n) is 6.01. The lowest BCUT2D eigenvalue weighted by molar-refractivity contribution is -0.145. The molecule has 1 rings (SSSR count). The molecule has 3 heteroatoms. The molecular formula is C14H19O3. The number of carbonyl (C=O) groups excluding carboxylic acids is 1. The van der Waals surface area contributed by atoms with E-state index in [9.17, 15) is 4.79 Å². The standard InChI is InChI=1S/C14H19O3/c1-3-4-5-6-8-13-9-7-10-14(17-13)11-16-12(2)15/h7,9-10,13-14H,3-5,11H2,1-2H3/t13-,14-/m0/s1. The average Bonchev–Trinajstić information content (AvgIpc) is 2.33. The minimum atomic E-state index is -0.290. The SMILES string of the molecule is CCCCC#C[C@H]1[CH][CH][CH][C@@H](COC(C)=O)O1. The molecule has 1 aliphatic heterocycles. The number of unbranched alkanes of at least 4 members (excludes halogenated alkanes) is 2. The first-order valence-corrected chi connectivity index (χ1v) is 6.01. The van der Waals surface area contributed by atoms with Crippen LogP contribution in [0.4, 0.5) is 0 Å². The van der Waals surface area contributed by atoms with Gasteiger partial charge in [0.1, 0.15) is 12.7 Å². The number of hydrogen-bond acceptors (Lipinski definition) is 3. The molecule has 0 aliphatic carbocycles. The molecule has 1 aliphatic rings. The van der Waals surface area contributed by atoms with Crippen LogP contribution in [0.1, 0.15) is 33.1 Å². The first-order chi connectivity index (χ1) is 8.22. The molecule has 0 amide bonds. The molecule has 0 N–H and O–H groups in total.